The van der Waals surface area contributed by atoms with Gasteiger partial charge in [0.05, 0.1) is 9.88 Å². The molecular formula is C11H15N3O2S. The number of nitrogens with two attached hydrogens (primary N) is 1. The Morgan fingerprint density at radius 1 is 1.53 bits per heavy atom. The summed E-state index contributed by atoms with van der Waals surface area (Å²) in [5.41, 5.74) is 6.80. The summed E-state index contributed by atoms with van der Waals surface area (Å²) in [5, 5.41) is 4.70. The molecule has 2 rings (SSSR count). The number of hydrogen-bond acceptors (Lipinski definition) is 6. The Kier molecular flexibility index (Phi) is 3.75. The summed E-state index contributed by atoms with van der Waals surface area (Å²) >= 11 is 1.47. The molecule has 0 aliphatic carbocycles. The summed E-state index contributed by atoms with van der Waals surface area (Å²) in [7, 11) is 1.68. The highest BCUT2D eigenvalue weighted by atomic mass is 32.1. The second-order valence-corrected chi connectivity index (χ2v) is 4.86. The fraction of sp³-hybridized carbons (Fsp3) is 0.455. The normalized spacial score (nSPS) is 10.9. The number of ether oxygens (including phenoxy) is 1. The molecule has 0 amide bonds. The van der Waals surface area contributed by atoms with E-state index in [2.05, 4.69) is 10.1 Å². The average molecular weight is 253 g/mol. The Bertz CT molecular complexity index is 493. The molecule has 0 saturated heterocycles. The van der Waals surface area contributed by atoms with Crippen LogP contribution >= 0.6 is 11.3 Å². The van der Waals surface area contributed by atoms with Gasteiger partial charge in [0.2, 0.25) is 0 Å². The lowest BCUT2D eigenvalue weighted by Crippen LogP contribution is -1.94. The lowest BCUT2D eigenvalue weighted by atomic mass is 10.3. The minimum atomic E-state index is 0.552. The minimum absolute atomic E-state index is 0.552. The van der Waals surface area contributed by atoms with E-state index in [4.69, 9.17) is 15.0 Å². The molecule has 2 N–H and O–H groups in total. The fourth-order valence-corrected chi connectivity index (χ4v) is 2.40. The smallest absolute Gasteiger partial charge is 0.268 e. The molecule has 0 spiro atoms. The van der Waals surface area contributed by atoms with Gasteiger partial charge in [-0.1, -0.05) is 5.16 Å². The predicted octanol–water partition coefficient (Wildman–Crippen LogP) is 2.27. The summed E-state index contributed by atoms with van der Waals surface area (Å²) in [6.45, 7) is 2.69. The topological polar surface area (TPSA) is 74.2 Å². The number of aryl methyl sites for hydroxylation is 2. The zero-order chi connectivity index (χ0) is 12.3. The molecule has 17 heavy (non-hydrogen) atoms. The zero-order valence-corrected chi connectivity index (χ0v) is 10.7. The van der Waals surface area contributed by atoms with E-state index in [1.165, 1.54) is 11.3 Å². The van der Waals surface area contributed by atoms with Crippen LogP contribution in [0.15, 0.2) is 10.6 Å². The SMILES string of the molecule is COCCCc1noc(-c2sc(N)cc2C)n1. The fourth-order valence-electron chi connectivity index (χ4n) is 1.54. The van der Waals surface area contributed by atoms with Crippen molar-refractivity contribution in [2.45, 2.75) is 19.8 Å². The van der Waals surface area contributed by atoms with Crippen LogP contribution in [-0.2, 0) is 11.2 Å². The van der Waals surface area contributed by atoms with Crippen LogP contribution in [0.2, 0.25) is 0 Å². The van der Waals surface area contributed by atoms with Crippen molar-refractivity contribution >= 4 is 16.3 Å². The lowest BCUT2D eigenvalue weighted by Gasteiger charge is -1.93. The molecule has 0 aromatic carbocycles. The quantitative estimate of drug-likeness (QED) is 0.827. The van der Waals surface area contributed by atoms with Crippen LogP contribution in [0, 0.1) is 6.92 Å². The molecule has 0 fully saturated rings. The van der Waals surface area contributed by atoms with Crippen molar-refractivity contribution in [2.75, 3.05) is 19.5 Å². The molecule has 5 nitrogen and oxygen atoms in total. The van der Waals surface area contributed by atoms with Crippen LogP contribution in [0.4, 0.5) is 5.00 Å². The van der Waals surface area contributed by atoms with Crippen molar-refractivity contribution in [1.29, 1.82) is 0 Å². The number of nitrogens with zero attached hydrogens (tertiary/aromatic N) is 2. The Labute approximate surface area is 104 Å². The Balaban J connectivity index is 2.10. The maximum absolute atomic E-state index is 5.73. The third-order valence-electron chi connectivity index (χ3n) is 2.35. The van der Waals surface area contributed by atoms with Crippen molar-refractivity contribution in [3.05, 3.63) is 17.5 Å². The molecular weight excluding hydrogens is 238 g/mol. The van der Waals surface area contributed by atoms with E-state index < -0.39 is 0 Å². The maximum Gasteiger partial charge on any atom is 0.268 e. The summed E-state index contributed by atoms with van der Waals surface area (Å²) in [6, 6.07) is 1.91. The first-order valence-corrected chi connectivity index (χ1v) is 6.20. The van der Waals surface area contributed by atoms with Crippen LogP contribution in [0.1, 0.15) is 17.8 Å². The highest BCUT2D eigenvalue weighted by Crippen LogP contribution is 2.32. The summed E-state index contributed by atoms with van der Waals surface area (Å²) in [4.78, 5) is 5.30. The molecule has 92 valence electrons. The van der Waals surface area contributed by atoms with Gasteiger partial charge in [-0.05, 0) is 25.0 Å². The van der Waals surface area contributed by atoms with E-state index >= 15 is 0 Å². The molecule has 0 unspecified atom stereocenters. The van der Waals surface area contributed by atoms with E-state index in [1.54, 1.807) is 7.11 Å². The van der Waals surface area contributed by atoms with Crippen molar-refractivity contribution in [3.63, 3.8) is 0 Å². The first kappa shape index (κ1) is 12.1. The third-order valence-corrected chi connectivity index (χ3v) is 3.40. The molecule has 0 radical (unpaired) electrons. The molecule has 0 aliphatic rings. The average Bonchev–Trinajstić information content (AvgIpc) is 2.86. The molecule has 0 aliphatic heterocycles. The molecule has 6 heteroatoms. The minimum Gasteiger partial charge on any atom is -0.391 e. The van der Waals surface area contributed by atoms with E-state index in [9.17, 15) is 0 Å². The monoisotopic (exact) mass is 253 g/mol. The van der Waals surface area contributed by atoms with Crippen molar-refractivity contribution in [1.82, 2.24) is 10.1 Å². The Hall–Kier alpha value is -1.40. The van der Waals surface area contributed by atoms with Gasteiger partial charge in [0, 0.05) is 20.1 Å². The van der Waals surface area contributed by atoms with Crippen LogP contribution < -0.4 is 5.73 Å². The lowest BCUT2D eigenvalue weighted by molar-refractivity contribution is 0.194. The number of rotatable bonds is 5. The molecule has 2 aromatic heterocycles. The van der Waals surface area contributed by atoms with Crippen LogP contribution in [0.5, 0.6) is 0 Å². The van der Waals surface area contributed by atoms with Gasteiger partial charge in [-0.25, -0.2) is 0 Å². The van der Waals surface area contributed by atoms with Gasteiger partial charge in [-0.3, -0.25) is 0 Å². The predicted molar refractivity (Wildman–Crippen MR) is 67.0 cm³/mol. The second kappa shape index (κ2) is 5.29. The van der Waals surface area contributed by atoms with Crippen molar-refractivity contribution < 1.29 is 9.26 Å². The third kappa shape index (κ3) is 2.83. The number of methoxy groups -OCH3 is 1. The van der Waals surface area contributed by atoms with E-state index in [0.717, 1.165) is 28.3 Å². The van der Waals surface area contributed by atoms with Crippen molar-refractivity contribution in [3.8, 4) is 10.8 Å². The standard InChI is InChI=1S/C11H15N3O2S/c1-7-6-8(12)17-10(7)11-13-9(14-16-11)4-3-5-15-2/h6H,3-5,12H2,1-2H3. The maximum atomic E-state index is 5.73. The van der Waals surface area contributed by atoms with E-state index in [-0.39, 0.29) is 0 Å². The number of thiophene rings is 1. The number of anilines is 1. The number of hydrogen-bond donors (Lipinski definition) is 1. The second-order valence-electron chi connectivity index (χ2n) is 3.77. The highest BCUT2D eigenvalue weighted by molar-refractivity contribution is 7.19. The van der Waals surface area contributed by atoms with Crippen LogP contribution in [0.25, 0.3) is 10.8 Å². The van der Waals surface area contributed by atoms with Gasteiger partial charge in [0.15, 0.2) is 5.82 Å². The zero-order valence-electron chi connectivity index (χ0n) is 9.90. The van der Waals surface area contributed by atoms with Gasteiger partial charge in [0.1, 0.15) is 0 Å². The van der Waals surface area contributed by atoms with Crippen molar-refractivity contribution in [2.24, 2.45) is 0 Å². The Morgan fingerprint density at radius 3 is 3.00 bits per heavy atom. The molecule has 2 aromatic rings. The molecule has 0 atom stereocenters. The summed E-state index contributed by atoms with van der Waals surface area (Å²) < 4.78 is 10.2. The Morgan fingerprint density at radius 2 is 2.35 bits per heavy atom. The summed E-state index contributed by atoms with van der Waals surface area (Å²) in [5.74, 6) is 1.26. The number of aromatic nitrogens is 2. The first-order valence-electron chi connectivity index (χ1n) is 5.38. The largest absolute Gasteiger partial charge is 0.391 e. The first-order chi connectivity index (χ1) is 8.20. The number of nitrogen functional groups attached to an aromatic ring is 1. The van der Waals surface area contributed by atoms with Gasteiger partial charge >= 0.3 is 0 Å². The molecule has 2 heterocycles. The molecule has 0 saturated carbocycles. The summed E-state index contributed by atoms with van der Waals surface area (Å²) in [6.07, 6.45) is 1.65. The van der Waals surface area contributed by atoms with Crippen LogP contribution in [0.3, 0.4) is 0 Å². The van der Waals surface area contributed by atoms with E-state index in [1.807, 2.05) is 13.0 Å². The van der Waals surface area contributed by atoms with Gasteiger partial charge < -0.3 is 15.0 Å². The highest BCUT2D eigenvalue weighted by Gasteiger charge is 2.13. The molecule has 0 bridgehead atoms. The van der Waals surface area contributed by atoms with Gasteiger partial charge in [-0.2, -0.15) is 4.98 Å². The van der Waals surface area contributed by atoms with E-state index in [0.29, 0.717) is 18.3 Å². The van der Waals surface area contributed by atoms with Crippen LogP contribution in [-0.4, -0.2) is 23.9 Å². The van der Waals surface area contributed by atoms with Gasteiger partial charge in [0.25, 0.3) is 5.89 Å². The van der Waals surface area contributed by atoms with Gasteiger partial charge in [-0.15, -0.1) is 11.3 Å².